The Hall–Kier alpha value is -4.02. The summed E-state index contributed by atoms with van der Waals surface area (Å²) >= 11 is 0. The minimum atomic E-state index is -0.665. The number of nitrogens with one attached hydrogen (secondary N) is 1. The Morgan fingerprint density at radius 3 is 2.93 bits per heavy atom. The highest BCUT2D eigenvalue weighted by molar-refractivity contribution is 5.95. The molecule has 0 aliphatic heterocycles. The van der Waals surface area contributed by atoms with Crippen molar-refractivity contribution in [3.63, 3.8) is 0 Å². The molecule has 2 aromatic heterocycles. The number of furan rings is 1. The first-order valence-electron chi connectivity index (χ1n) is 8.06. The minimum Gasteiger partial charge on any atom is -0.496 e. The largest absolute Gasteiger partial charge is 0.496 e. The second-order valence-electron chi connectivity index (χ2n) is 5.66. The zero-order valence-electron chi connectivity index (χ0n) is 15.0. The molecule has 0 radical (unpaired) electrons. The first-order chi connectivity index (χ1) is 13.5. The van der Waals surface area contributed by atoms with Gasteiger partial charge in [0.15, 0.2) is 0 Å². The molecule has 0 saturated carbocycles. The molecule has 0 fully saturated rings. The van der Waals surface area contributed by atoms with Crippen molar-refractivity contribution in [1.82, 2.24) is 20.2 Å². The quantitative estimate of drug-likeness (QED) is 0.373. The van der Waals surface area contributed by atoms with Gasteiger partial charge in [0.1, 0.15) is 11.5 Å². The Morgan fingerprint density at radius 2 is 2.29 bits per heavy atom. The Morgan fingerprint density at radius 1 is 1.46 bits per heavy atom. The fourth-order valence-electron chi connectivity index (χ4n) is 2.47. The number of hydrogen-bond donors (Lipinski definition) is 1. The summed E-state index contributed by atoms with van der Waals surface area (Å²) < 4.78 is 11.7. The molecule has 3 rings (SSSR count). The Balaban J connectivity index is 1.73. The molecule has 144 valence electrons. The summed E-state index contributed by atoms with van der Waals surface area (Å²) in [5.41, 5.74) is 4.23. The number of methoxy groups -OCH3 is 1. The van der Waals surface area contributed by atoms with Crippen molar-refractivity contribution in [1.29, 1.82) is 0 Å². The summed E-state index contributed by atoms with van der Waals surface area (Å²) in [6, 6.07) is 6.81. The second-order valence-corrected chi connectivity index (χ2v) is 5.66. The number of carbonyl (C=O) groups is 1. The number of nitro groups is 1. The van der Waals surface area contributed by atoms with Crippen LogP contribution in [-0.4, -0.2) is 38.9 Å². The van der Waals surface area contributed by atoms with Crippen LogP contribution in [0.4, 0.5) is 5.95 Å². The van der Waals surface area contributed by atoms with E-state index >= 15 is 0 Å². The van der Waals surface area contributed by atoms with E-state index in [9.17, 15) is 14.9 Å². The van der Waals surface area contributed by atoms with E-state index in [0.29, 0.717) is 28.2 Å². The molecule has 0 spiro atoms. The topological polar surface area (TPSA) is 138 Å². The molecule has 1 N–H and O–H groups in total. The molecule has 11 nitrogen and oxygen atoms in total. The van der Waals surface area contributed by atoms with Crippen LogP contribution in [0.15, 0.2) is 46.4 Å². The lowest BCUT2D eigenvalue weighted by Gasteiger charge is -2.08. The maximum Gasteiger partial charge on any atom is 0.490 e. The second kappa shape index (κ2) is 8.12. The van der Waals surface area contributed by atoms with Crippen LogP contribution < -0.4 is 10.2 Å². The van der Waals surface area contributed by atoms with Gasteiger partial charge < -0.3 is 19.3 Å². The predicted octanol–water partition coefficient (Wildman–Crippen LogP) is 1.91. The fraction of sp³-hybridized carbons (Fsp3) is 0.176. The van der Waals surface area contributed by atoms with Crippen LogP contribution in [0.5, 0.6) is 5.75 Å². The fourth-order valence-corrected chi connectivity index (χ4v) is 2.47. The van der Waals surface area contributed by atoms with Gasteiger partial charge in [-0.2, -0.15) is 9.78 Å². The van der Waals surface area contributed by atoms with Crippen molar-refractivity contribution in [2.45, 2.75) is 13.5 Å². The van der Waals surface area contributed by atoms with E-state index in [1.807, 2.05) is 0 Å². The van der Waals surface area contributed by atoms with E-state index in [1.54, 1.807) is 31.2 Å². The molecule has 28 heavy (non-hydrogen) atoms. The van der Waals surface area contributed by atoms with Gasteiger partial charge in [-0.3, -0.25) is 4.79 Å². The molecule has 0 atom stereocenters. The highest BCUT2D eigenvalue weighted by Crippen LogP contribution is 2.20. The summed E-state index contributed by atoms with van der Waals surface area (Å²) in [5, 5.41) is 18.4. The van der Waals surface area contributed by atoms with Crippen LogP contribution in [0.2, 0.25) is 0 Å². The highest BCUT2D eigenvalue weighted by atomic mass is 16.6. The number of hydrazone groups is 1. The number of rotatable bonds is 7. The van der Waals surface area contributed by atoms with E-state index in [4.69, 9.17) is 9.15 Å². The van der Waals surface area contributed by atoms with Crippen LogP contribution in [0, 0.1) is 17.0 Å². The zero-order valence-corrected chi connectivity index (χ0v) is 15.0. The summed E-state index contributed by atoms with van der Waals surface area (Å²) in [5.74, 6) is 0.217. The van der Waals surface area contributed by atoms with E-state index in [0.717, 1.165) is 0 Å². The van der Waals surface area contributed by atoms with Crippen molar-refractivity contribution in [3.05, 3.63) is 69.4 Å². The SMILES string of the molecule is COc1ccc(C=NNC(=O)c2ccoc2C)cc1Cn1cnc([N+](=O)[O-])n1. The van der Waals surface area contributed by atoms with Gasteiger partial charge in [0.05, 0.1) is 31.7 Å². The average Bonchev–Trinajstić information content (AvgIpc) is 3.31. The molecule has 3 aromatic rings. The van der Waals surface area contributed by atoms with Crippen LogP contribution in [-0.2, 0) is 6.54 Å². The zero-order chi connectivity index (χ0) is 20.1. The lowest BCUT2D eigenvalue weighted by atomic mass is 10.1. The monoisotopic (exact) mass is 384 g/mol. The van der Waals surface area contributed by atoms with Gasteiger partial charge in [-0.15, -0.1) is 0 Å². The van der Waals surface area contributed by atoms with Crippen molar-refractivity contribution >= 4 is 18.1 Å². The first kappa shape index (κ1) is 18.8. The van der Waals surface area contributed by atoms with Gasteiger partial charge >= 0.3 is 5.95 Å². The standard InChI is InChI=1S/C17H16N6O5/c1-11-14(5-6-28-11)16(24)20-19-8-12-3-4-15(27-2)13(7-12)9-22-10-18-17(21-22)23(25)26/h3-8,10H,9H2,1-2H3,(H,20,24). The third-order valence-corrected chi connectivity index (χ3v) is 3.81. The molecule has 0 unspecified atom stereocenters. The van der Waals surface area contributed by atoms with Crippen molar-refractivity contribution in [2.75, 3.05) is 7.11 Å². The number of benzene rings is 1. The van der Waals surface area contributed by atoms with Crippen LogP contribution >= 0.6 is 0 Å². The number of nitrogens with zero attached hydrogens (tertiary/aromatic N) is 5. The maximum atomic E-state index is 12.0. The van der Waals surface area contributed by atoms with Gasteiger partial charge in [0.2, 0.25) is 6.33 Å². The molecular formula is C17H16N6O5. The van der Waals surface area contributed by atoms with Gasteiger partial charge in [-0.1, -0.05) is 4.98 Å². The number of aryl methyl sites for hydroxylation is 1. The van der Waals surface area contributed by atoms with Crippen molar-refractivity contribution in [2.24, 2.45) is 5.10 Å². The molecule has 2 heterocycles. The van der Waals surface area contributed by atoms with Gasteiger partial charge in [-0.25, -0.2) is 5.43 Å². The molecule has 1 aromatic carbocycles. The molecule has 0 aliphatic rings. The molecule has 0 bridgehead atoms. The van der Waals surface area contributed by atoms with E-state index < -0.39 is 10.9 Å². The molecular weight excluding hydrogens is 368 g/mol. The molecule has 0 saturated heterocycles. The number of ether oxygens (including phenoxy) is 1. The average molecular weight is 384 g/mol. The lowest BCUT2D eigenvalue weighted by Crippen LogP contribution is -2.17. The van der Waals surface area contributed by atoms with Gasteiger partial charge in [0.25, 0.3) is 5.91 Å². The van der Waals surface area contributed by atoms with E-state index in [2.05, 4.69) is 20.6 Å². The first-order valence-corrected chi connectivity index (χ1v) is 8.06. The van der Waals surface area contributed by atoms with Gasteiger partial charge in [-0.05, 0) is 41.7 Å². The van der Waals surface area contributed by atoms with E-state index in [1.165, 1.54) is 30.6 Å². The summed E-state index contributed by atoms with van der Waals surface area (Å²) in [4.78, 5) is 25.7. The number of amides is 1. The number of hydrogen-bond acceptors (Lipinski definition) is 8. The third-order valence-electron chi connectivity index (χ3n) is 3.81. The molecule has 0 aliphatic carbocycles. The molecule has 11 heteroatoms. The minimum absolute atomic E-state index is 0.215. The van der Waals surface area contributed by atoms with Crippen LogP contribution in [0.3, 0.4) is 0 Å². The summed E-state index contributed by atoms with van der Waals surface area (Å²) in [6.07, 6.45) is 4.17. The smallest absolute Gasteiger partial charge is 0.490 e. The van der Waals surface area contributed by atoms with Gasteiger partial charge in [0, 0.05) is 10.7 Å². The Kier molecular flexibility index (Phi) is 5.44. The highest BCUT2D eigenvalue weighted by Gasteiger charge is 2.15. The predicted molar refractivity (Wildman–Crippen MR) is 97.3 cm³/mol. The maximum absolute atomic E-state index is 12.0. The van der Waals surface area contributed by atoms with E-state index in [-0.39, 0.29) is 12.5 Å². The normalized spacial score (nSPS) is 10.9. The summed E-state index contributed by atoms with van der Waals surface area (Å²) in [6.45, 7) is 1.90. The Bertz CT molecular complexity index is 1040. The van der Waals surface area contributed by atoms with Crippen LogP contribution in [0.1, 0.15) is 27.2 Å². The molecule has 1 amide bonds. The van der Waals surface area contributed by atoms with Crippen molar-refractivity contribution in [3.8, 4) is 5.75 Å². The summed E-state index contributed by atoms with van der Waals surface area (Å²) in [7, 11) is 1.52. The number of carbonyl (C=O) groups excluding carboxylic acids is 1. The lowest BCUT2D eigenvalue weighted by molar-refractivity contribution is -0.394. The Labute approximate surface area is 158 Å². The van der Waals surface area contributed by atoms with Crippen LogP contribution in [0.25, 0.3) is 0 Å². The third kappa shape index (κ3) is 4.20. The number of aromatic nitrogens is 3. The van der Waals surface area contributed by atoms with Crippen molar-refractivity contribution < 1.29 is 18.9 Å².